The van der Waals surface area contributed by atoms with Crippen LogP contribution in [0.4, 0.5) is 5.69 Å². The highest BCUT2D eigenvalue weighted by Gasteiger charge is 2.04. The molecule has 0 saturated carbocycles. The van der Waals surface area contributed by atoms with Crippen LogP contribution in [0.15, 0.2) is 48.7 Å². The fourth-order valence-electron chi connectivity index (χ4n) is 2.02. The first kappa shape index (κ1) is 16.0. The van der Waals surface area contributed by atoms with Crippen LogP contribution >= 0.6 is 0 Å². The summed E-state index contributed by atoms with van der Waals surface area (Å²) in [6.07, 6.45) is 7.19. The molecule has 3 heteroatoms. The lowest BCUT2D eigenvalue weighted by Crippen LogP contribution is -2.12. The van der Waals surface area contributed by atoms with E-state index in [0.717, 1.165) is 23.4 Å². The van der Waals surface area contributed by atoms with E-state index in [1.807, 2.05) is 54.6 Å². The van der Waals surface area contributed by atoms with E-state index in [1.54, 1.807) is 6.20 Å². The van der Waals surface area contributed by atoms with Gasteiger partial charge in [0.2, 0.25) is 5.91 Å². The van der Waals surface area contributed by atoms with E-state index in [4.69, 9.17) is 0 Å². The molecular weight excluding hydrogens is 272 g/mol. The topological polar surface area (TPSA) is 42.0 Å². The van der Waals surface area contributed by atoms with Gasteiger partial charge in [0.1, 0.15) is 0 Å². The number of amides is 1. The van der Waals surface area contributed by atoms with Crippen LogP contribution in [-0.2, 0) is 4.79 Å². The molecule has 0 aliphatic heterocycles. The number of aromatic nitrogens is 1. The van der Waals surface area contributed by atoms with Gasteiger partial charge in [-0.15, -0.1) is 0 Å². The van der Waals surface area contributed by atoms with Crippen LogP contribution in [0.2, 0.25) is 0 Å². The zero-order valence-corrected chi connectivity index (χ0v) is 13.1. The molecule has 1 amide bonds. The molecule has 0 atom stereocenters. The molecule has 1 aromatic carbocycles. The van der Waals surface area contributed by atoms with Gasteiger partial charge in [-0.05, 0) is 48.2 Å². The van der Waals surface area contributed by atoms with Gasteiger partial charge in [0, 0.05) is 18.3 Å². The number of nitrogens with zero attached hydrogens (tertiary/aromatic N) is 1. The van der Waals surface area contributed by atoms with Crippen molar-refractivity contribution in [3.05, 3.63) is 59.9 Å². The van der Waals surface area contributed by atoms with E-state index in [-0.39, 0.29) is 5.91 Å². The number of carbonyl (C=O) groups is 1. The van der Waals surface area contributed by atoms with Crippen molar-refractivity contribution in [2.75, 3.05) is 5.32 Å². The standard InChI is InChI=1S/C19H22N2O/c1-15(2)9-12-19(22)21-18-8-5-6-16(14-18)10-11-17-7-3-4-13-20-17/h3-8,10-11,13-15H,9,12H2,1-2H3,(H,21,22)/b11-10+. The van der Waals surface area contributed by atoms with Gasteiger partial charge < -0.3 is 5.32 Å². The predicted molar refractivity (Wildman–Crippen MR) is 92.3 cm³/mol. The summed E-state index contributed by atoms with van der Waals surface area (Å²) in [4.78, 5) is 16.1. The van der Waals surface area contributed by atoms with Gasteiger partial charge in [-0.2, -0.15) is 0 Å². The Hall–Kier alpha value is -2.42. The van der Waals surface area contributed by atoms with E-state index >= 15 is 0 Å². The SMILES string of the molecule is CC(C)CCC(=O)Nc1cccc(/C=C/c2ccccn2)c1. The molecule has 2 rings (SSSR count). The van der Waals surface area contributed by atoms with Crippen molar-refractivity contribution in [1.82, 2.24) is 4.98 Å². The second-order valence-electron chi connectivity index (χ2n) is 5.69. The van der Waals surface area contributed by atoms with Crippen molar-refractivity contribution in [3.63, 3.8) is 0 Å². The van der Waals surface area contributed by atoms with Gasteiger partial charge in [0.25, 0.3) is 0 Å². The summed E-state index contributed by atoms with van der Waals surface area (Å²) in [5, 5.41) is 2.95. The molecular formula is C19H22N2O. The van der Waals surface area contributed by atoms with Crippen molar-refractivity contribution in [2.24, 2.45) is 5.92 Å². The Balaban J connectivity index is 1.98. The van der Waals surface area contributed by atoms with Gasteiger partial charge in [-0.1, -0.05) is 38.1 Å². The summed E-state index contributed by atoms with van der Waals surface area (Å²) in [5.74, 6) is 0.609. The zero-order valence-electron chi connectivity index (χ0n) is 13.1. The number of carbonyl (C=O) groups excluding carboxylic acids is 1. The third-order valence-corrected chi connectivity index (χ3v) is 3.25. The van der Waals surface area contributed by atoms with E-state index in [2.05, 4.69) is 24.1 Å². The van der Waals surface area contributed by atoms with E-state index in [0.29, 0.717) is 12.3 Å². The summed E-state index contributed by atoms with van der Waals surface area (Å²) in [7, 11) is 0. The lowest BCUT2D eigenvalue weighted by molar-refractivity contribution is -0.116. The van der Waals surface area contributed by atoms with Crippen molar-refractivity contribution >= 4 is 23.7 Å². The van der Waals surface area contributed by atoms with Crippen LogP contribution in [-0.4, -0.2) is 10.9 Å². The van der Waals surface area contributed by atoms with Crippen LogP contribution in [0.1, 0.15) is 37.9 Å². The summed E-state index contributed by atoms with van der Waals surface area (Å²) >= 11 is 0. The summed E-state index contributed by atoms with van der Waals surface area (Å²) in [6.45, 7) is 4.24. The minimum Gasteiger partial charge on any atom is -0.326 e. The number of nitrogens with one attached hydrogen (secondary N) is 1. The lowest BCUT2D eigenvalue weighted by atomic mass is 10.1. The average molecular weight is 294 g/mol. The molecule has 2 aromatic rings. The smallest absolute Gasteiger partial charge is 0.224 e. The van der Waals surface area contributed by atoms with E-state index < -0.39 is 0 Å². The van der Waals surface area contributed by atoms with Crippen molar-refractivity contribution in [2.45, 2.75) is 26.7 Å². The maximum Gasteiger partial charge on any atom is 0.224 e. The molecule has 0 unspecified atom stereocenters. The Morgan fingerprint density at radius 2 is 2.05 bits per heavy atom. The van der Waals surface area contributed by atoms with Gasteiger partial charge in [0.05, 0.1) is 5.69 Å². The number of hydrogen-bond donors (Lipinski definition) is 1. The largest absolute Gasteiger partial charge is 0.326 e. The average Bonchev–Trinajstić information content (AvgIpc) is 2.52. The Morgan fingerprint density at radius 1 is 1.18 bits per heavy atom. The third-order valence-electron chi connectivity index (χ3n) is 3.25. The van der Waals surface area contributed by atoms with Gasteiger partial charge in [-0.3, -0.25) is 9.78 Å². The molecule has 0 fully saturated rings. The molecule has 0 saturated heterocycles. The Bertz CT molecular complexity index is 633. The van der Waals surface area contributed by atoms with Gasteiger partial charge >= 0.3 is 0 Å². The van der Waals surface area contributed by atoms with Gasteiger partial charge in [0.15, 0.2) is 0 Å². The highest BCUT2D eigenvalue weighted by Crippen LogP contribution is 2.14. The molecule has 0 aliphatic carbocycles. The van der Waals surface area contributed by atoms with Gasteiger partial charge in [-0.25, -0.2) is 0 Å². The van der Waals surface area contributed by atoms with Crippen molar-refractivity contribution < 1.29 is 4.79 Å². The van der Waals surface area contributed by atoms with Crippen LogP contribution in [0.25, 0.3) is 12.2 Å². The number of anilines is 1. The lowest BCUT2D eigenvalue weighted by Gasteiger charge is -2.07. The first-order chi connectivity index (χ1) is 10.6. The molecule has 0 spiro atoms. The van der Waals surface area contributed by atoms with Crippen molar-refractivity contribution in [1.29, 1.82) is 0 Å². The second kappa shape index (κ2) is 8.13. The number of hydrogen-bond acceptors (Lipinski definition) is 2. The Morgan fingerprint density at radius 3 is 2.77 bits per heavy atom. The third kappa shape index (κ3) is 5.52. The fourth-order valence-corrected chi connectivity index (χ4v) is 2.02. The van der Waals surface area contributed by atoms with Crippen LogP contribution in [0.3, 0.4) is 0 Å². The highest BCUT2D eigenvalue weighted by atomic mass is 16.1. The normalized spacial score (nSPS) is 11.0. The Kier molecular flexibility index (Phi) is 5.90. The first-order valence-electron chi connectivity index (χ1n) is 7.62. The van der Waals surface area contributed by atoms with Crippen LogP contribution in [0.5, 0.6) is 0 Å². The molecule has 0 bridgehead atoms. The summed E-state index contributed by atoms with van der Waals surface area (Å²) < 4.78 is 0. The molecule has 1 aromatic heterocycles. The maximum absolute atomic E-state index is 11.9. The molecule has 0 radical (unpaired) electrons. The molecule has 22 heavy (non-hydrogen) atoms. The summed E-state index contributed by atoms with van der Waals surface area (Å²) in [5.41, 5.74) is 2.78. The fraction of sp³-hybridized carbons (Fsp3) is 0.263. The number of benzene rings is 1. The quantitative estimate of drug-likeness (QED) is 0.844. The minimum atomic E-state index is 0.0690. The first-order valence-corrected chi connectivity index (χ1v) is 7.62. The molecule has 1 heterocycles. The zero-order chi connectivity index (χ0) is 15.8. The second-order valence-corrected chi connectivity index (χ2v) is 5.69. The highest BCUT2D eigenvalue weighted by molar-refractivity contribution is 5.91. The van der Waals surface area contributed by atoms with E-state index in [9.17, 15) is 4.79 Å². The number of rotatable bonds is 6. The summed E-state index contributed by atoms with van der Waals surface area (Å²) in [6, 6.07) is 13.6. The Labute approximate surface area is 132 Å². The molecule has 114 valence electrons. The number of pyridine rings is 1. The van der Waals surface area contributed by atoms with E-state index in [1.165, 1.54) is 0 Å². The maximum atomic E-state index is 11.9. The predicted octanol–water partition coefficient (Wildman–Crippen LogP) is 4.63. The molecule has 0 aliphatic rings. The van der Waals surface area contributed by atoms with Crippen LogP contribution in [0, 0.1) is 5.92 Å². The van der Waals surface area contributed by atoms with Crippen LogP contribution < -0.4 is 5.32 Å². The van der Waals surface area contributed by atoms with Crippen molar-refractivity contribution in [3.8, 4) is 0 Å². The molecule has 1 N–H and O–H groups in total. The monoisotopic (exact) mass is 294 g/mol. The minimum absolute atomic E-state index is 0.0690. The molecule has 3 nitrogen and oxygen atoms in total.